The number of benzene rings is 1. The summed E-state index contributed by atoms with van der Waals surface area (Å²) in [5.74, 6) is 0.821. The number of aryl methyl sites for hydroxylation is 1. The van der Waals surface area contributed by atoms with Gasteiger partial charge in [0.25, 0.3) is 5.91 Å². The second kappa shape index (κ2) is 6.66. The second-order valence-electron chi connectivity index (χ2n) is 8.16. The number of methoxy groups -OCH3 is 1. The summed E-state index contributed by atoms with van der Waals surface area (Å²) in [6.45, 7) is 0. The molecule has 1 saturated heterocycles. The third-order valence-electron chi connectivity index (χ3n) is 6.56. The standard InChI is InChI=1S/C23H22N6O2/c1-27-19(9-10-25-27)23(30)28-14-7-8-18(28)16-13-24-22-12-17(26-29(22)20(16)11-14)15-5-3-4-6-21(15)31-2/h3-6,9-10,12-14,18H,7-8,11H2,1-2H3/t14-,18-/m1/s1. The Balaban J connectivity index is 1.44. The number of rotatable bonds is 3. The Kier molecular flexibility index (Phi) is 3.89. The van der Waals surface area contributed by atoms with Gasteiger partial charge in [0.15, 0.2) is 5.65 Å². The average molecular weight is 414 g/mol. The summed E-state index contributed by atoms with van der Waals surface area (Å²) < 4.78 is 9.11. The minimum atomic E-state index is 0.0203. The van der Waals surface area contributed by atoms with Gasteiger partial charge in [-0.2, -0.15) is 10.2 Å². The quantitative estimate of drug-likeness (QED) is 0.515. The molecule has 0 saturated carbocycles. The number of hydrogen-bond donors (Lipinski definition) is 0. The molecule has 0 spiro atoms. The van der Waals surface area contributed by atoms with Crippen LogP contribution in [0.1, 0.15) is 40.6 Å². The van der Waals surface area contributed by atoms with Crippen molar-refractivity contribution in [3.63, 3.8) is 0 Å². The molecule has 0 N–H and O–H groups in total. The molecule has 4 aromatic rings. The summed E-state index contributed by atoms with van der Waals surface area (Å²) in [5, 5.41) is 9.06. The van der Waals surface area contributed by atoms with E-state index < -0.39 is 0 Å². The van der Waals surface area contributed by atoms with Gasteiger partial charge in [-0.3, -0.25) is 9.48 Å². The van der Waals surface area contributed by atoms with Gasteiger partial charge in [-0.1, -0.05) is 12.1 Å². The third kappa shape index (κ3) is 2.60. The molecule has 2 aliphatic heterocycles. The van der Waals surface area contributed by atoms with Crippen molar-refractivity contribution in [2.75, 3.05) is 7.11 Å². The molecule has 3 aromatic heterocycles. The molecule has 0 unspecified atom stereocenters. The highest BCUT2D eigenvalue weighted by atomic mass is 16.5. The summed E-state index contributed by atoms with van der Waals surface area (Å²) >= 11 is 0. The van der Waals surface area contributed by atoms with Crippen molar-refractivity contribution < 1.29 is 9.53 Å². The van der Waals surface area contributed by atoms with E-state index in [4.69, 9.17) is 14.8 Å². The Morgan fingerprint density at radius 3 is 2.87 bits per heavy atom. The fourth-order valence-corrected chi connectivity index (χ4v) is 5.10. The van der Waals surface area contributed by atoms with Crippen LogP contribution in [-0.2, 0) is 13.5 Å². The van der Waals surface area contributed by atoms with Crippen LogP contribution >= 0.6 is 0 Å². The maximum atomic E-state index is 13.3. The number of ether oxygens (including phenoxy) is 1. The Labute approximate surface area is 179 Å². The first-order chi connectivity index (χ1) is 15.2. The van der Waals surface area contributed by atoms with Crippen LogP contribution in [0.5, 0.6) is 5.75 Å². The molecule has 31 heavy (non-hydrogen) atoms. The number of aromatic nitrogens is 5. The number of para-hydroxylation sites is 1. The molecule has 1 amide bonds. The summed E-state index contributed by atoms with van der Waals surface area (Å²) in [6.07, 6.45) is 6.27. The van der Waals surface area contributed by atoms with Crippen LogP contribution in [0.25, 0.3) is 16.9 Å². The molecule has 2 bridgehead atoms. The molecule has 1 fully saturated rings. The van der Waals surface area contributed by atoms with Gasteiger partial charge >= 0.3 is 0 Å². The average Bonchev–Trinajstić information content (AvgIpc) is 3.50. The number of carbonyl (C=O) groups excluding carboxylic acids is 1. The van der Waals surface area contributed by atoms with Gasteiger partial charge in [0, 0.05) is 49.1 Å². The fraction of sp³-hybridized carbons (Fsp3) is 0.304. The highest BCUT2D eigenvalue weighted by molar-refractivity contribution is 5.93. The molecule has 1 aromatic carbocycles. The van der Waals surface area contributed by atoms with Gasteiger partial charge in [-0.15, -0.1) is 0 Å². The highest BCUT2D eigenvalue weighted by Gasteiger charge is 2.44. The Hall–Kier alpha value is -3.68. The van der Waals surface area contributed by atoms with E-state index in [1.54, 1.807) is 31.1 Å². The first-order valence-corrected chi connectivity index (χ1v) is 10.5. The van der Waals surface area contributed by atoms with Crippen molar-refractivity contribution in [3.8, 4) is 17.0 Å². The van der Waals surface area contributed by atoms with E-state index in [9.17, 15) is 4.79 Å². The van der Waals surface area contributed by atoms with Crippen molar-refractivity contribution in [2.24, 2.45) is 7.05 Å². The molecule has 5 heterocycles. The smallest absolute Gasteiger partial charge is 0.272 e. The maximum Gasteiger partial charge on any atom is 0.272 e. The van der Waals surface area contributed by atoms with Crippen LogP contribution in [0.2, 0.25) is 0 Å². The van der Waals surface area contributed by atoms with Crippen molar-refractivity contribution >= 4 is 11.6 Å². The fourth-order valence-electron chi connectivity index (χ4n) is 5.10. The number of nitrogens with zero attached hydrogens (tertiary/aromatic N) is 6. The minimum Gasteiger partial charge on any atom is -0.496 e. The van der Waals surface area contributed by atoms with Gasteiger partial charge in [-0.25, -0.2) is 9.50 Å². The van der Waals surface area contributed by atoms with Gasteiger partial charge in [0.05, 0.1) is 24.5 Å². The summed E-state index contributed by atoms with van der Waals surface area (Å²) in [7, 11) is 3.47. The molecule has 8 nitrogen and oxygen atoms in total. The molecule has 6 rings (SSSR count). The lowest BCUT2D eigenvalue weighted by Gasteiger charge is -2.36. The molecular weight excluding hydrogens is 392 g/mol. The predicted molar refractivity (Wildman–Crippen MR) is 114 cm³/mol. The first-order valence-electron chi connectivity index (χ1n) is 10.5. The zero-order valence-electron chi connectivity index (χ0n) is 17.4. The highest BCUT2D eigenvalue weighted by Crippen LogP contribution is 2.44. The predicted octanol–water partition coefficient (Wildman–Crippen LogP) is 3.04. The monoisotopic (exact) mass is 414 g/mol. The molecular formula is C23H22N6O2. The van der Waals surface area contributed by atoms with E-state index >= 15 is 0 Å². The van der Waals surface area contributed by atoms with Gasteiger partial charge in [0.2, 0.25) is 0 Å². The number of fused-ring (bicyclic) bond motifs is 6. The van der Waals surface area contributed by atoms with Crippen molar-refractivity contribution in [2.45, 2.75) is 31.3 Å². The number of amides is 1. The van der Waals surface area contributed by atoms with E-state index in [2.05, 4.69) is 5.10 Å². The van der Waals surface area contributed by atoms with Crippen molar-refractivity contribution in [1.29, 1.82) is 0 Å². The van der Waals surface area contributed by atoms with Gasteiger partial charge in [0.1, 0.15) is 11.4 Å². The lowest BCUT2D eigenvalue weighted by Crippen LogP contribution is -2.43. The summed E-state index contributed by atoms with van der Waals surface area (Å²) in [4.78, 5) is 20.0. The number of hydrogen-bond acceptors (Lipinski definition) is 5. The molecule has 2 atom stereocenters. The molecule has 0 radical (unpaired) electrons. The van der Waals surface area contributed by atoms with Crippen molar-refractivity contribution in [1.82, 2.24) is 29.3 Å². The second-order valence-corrected chi connectivity index (χ2v) is 8.16. The Morgan fingerprint density at radius 1 is 1.19 bits per heavy atom. The van der Waals surface area contributed by atoms with E-state index in [1.165, 1.54) is 0 Å². The minimum absolute atomic E-state index is 0.0203. The molecule has 0 aliphatic carbocycles. The largest absolute Gasteiger partial charge is 0.496 e. The zero-order valence-corrected chi connectivity index (χ0v) is 17.4. The van der Waals surface area contributed by atoms with Crippen molar-refractivity contribution in [3.05, 3.63) is 65.7 Å². The van der Waals surface area contributed by atoms with E-state index in [0.717, 1.165) is 53.2 Å². The molecule has 2 aliphatic rings. The van der Waals surface area contributed by atoms with Crippen LogP contribution in [0.15, 0.2) is 48.8 Å². The SMILES string of the molecule is COc1ccccc1-c1cc2ncc3c(n2n1)C[C@H]1CC[C@H]3N1C(=O)c1ccnn1C. The lowest BCUT2D eigenvalue weighted by molar-refractivity contribution is 0.0631. The lowest BCUT2D eigenvalue weighted by atomic mass is 9.98. The van der Waals surface area contributed by atoms with E-state index in [-0.39, 0.29) is 18.0 Å². The molecule has 8 heteroatoms. The number of carbonyl (C=O) groups is 1. The van der Waals surface area contributed by atoms with E-state index in [0.29, 0.717) is 5.69 Å². The third-order valence-corrected chi connectivity index (χ3v) is 6.56. The van der Waals surface area contributed by atoms with Gasteiger partial charge < -0.3 is 9.64 Å². The van der Waals surface area contributed by atoms with E-state index in [1.807, 2.05) is 45.9 Å². The first kappa shape index (κ1) is 18.1. The summed E-state index contributed by atoms with van der Waals surface area (Å²) in [6, 6.07) is 11.8. The zero-order chi connectivity index (χ0) is 21.1. The Morgan fingerprint density at radius 2 is 2.06 bits per heavy atom. The molecule has 156 valence electrons. The summed E-state index contributed by atoms with van der Waals surface area (Å²) in [5.41, 5.74) is 5.44. The van der Waals surface area contributed by atoms with Crippen LogP contribution in [0, 0.1) is 0 Å². The van der Waals surface area contributed by atoms with Crippen LogP contribution in [0.3, 0.4) is 0 Å². The normalized spacial score (nSPS) is 19.6. The Bertz CT molecular complexity index is 1320. The topological polar surface area (TPSA) is 77.6 Å². The van der Waals surface area contributed by atoms with Gasteiger partial charge in [-0.05, 0) is 31.0 Å². The van der Waals surface area contributed by atoms with Crippen LogP contribution in [0.4, 0.5) is 0 Å². The van der Waals surface area contributed by atoms with Crippen LogP contribution in [-0.4, -0.2) is 48.3 Å². The maximum absolute atomic E-state index is 13.3. The van der Waals surface area contributed by atoms with Crippen LogP contribution < -0.4 is 4.74 Å².